The molecule has 0 radical (unpaired) electrons. The highest BCUT2D eigenvalue weighted by Gasteiger charge is 2.39. The zero-order valence-electron chi connectivity index (χ0n) is 28.4. The fourth-order valence-electron chi connectivity index (χ4n) is 7.40. The first-order valence-corrected chi connectivity index (χ1v) is 17.6. The van der Waals surface area contributed by atoms with Gasteiger partial charge < -0.3 is 19.7 Å². The zero-order chi connectivity index (χ0) is 33.2. The van der Waals surface area contributed by atoms with Crippen LogP contribution in [0.15, 0.2) is 60.7 Å². The Kier molecular flexibility index (Phi) is 13.1. The number of aliphatic hydroxyl groups excluding tert-OH is 2. The predicted octanol–water partition coefficient (Wildman–Crippen LogP) is 8.71. The molecule has 2 saturated carbocycles. The summed E-state index contributed by atoms with van der Waals surface area (Å²) in [5.41, 5.74) is 1.17. The lowest BCUT2D eigenvalue weighted by molar-refractivity contribution is -0.146. The SMILES string of the molecule is C=C(CO)C(=O)Oc1ccc(C2(c3ccc(OC(=O)C(C)(C)CO)cc3)CCC(CCC3CCC(CCCCC)CC3)CC2)cc1. The number of aliphatic hydroxyl groups is 2. The molecule has 0 atom stereocenters. The van der Waals surface area contributed by atoms with E-state index in [-0.39, 0.29) is 17.6 Å². The van der Waals surface area contributed by atoms with Crippen LogP contribution in [0.1, 0.15) is 122 Å². The Labute approximate surface area is 276 Å². The van der Waals surface area contributed by atoms with Crippen LogP contribution in [0.3, 0.4) is 0 Å². The molecular weight excluding hydrogens is 576 g/mol. The molecule has 252 valence electrons. The van der Waals surface area contributed by atoms with Crippen LogP contribution in [0.2, 0.25) is 0 Å². The summed E-state index contributed by atoms with van der Waals surface area (Å²) in [5.74, 6) is 2.35. The van der Waals surface area contributed by atoms with Gasteiger partial charge in [-0.2, -0.15) is 0 Å². The molecule has 2 fully saturated rings. The summed E-state index contributed by atoms with van der Waals surface area (Å²) in [7, 11) is 0. The first-order chi connectivity index (χ1) is 22.1. The van der Waals surface area contributed by atoms with E-state index < -0.39 is 24.0 Å². The Hall–Kier alpha value is -2.96. The minimum atomic E-state index is -0.971. The molecule has 4 rings (SSSR count). The summed E-state index contributed by atoms with van der Waals surface area (Å²) in [6, 6.07) is 15.5. The lowest BCUT2D eigenvalue weighted by Gasteiger charge is -2.42. The molecule has 2 aromatic rings. The Morgan fingerprint density at radius 3 is 1.72 bits per heavy atom. The lowest BCUT2D eigenvalue weighted by atomic mass is 9.62. The second-order valence-electron chi connectivity index (χ2n) is 14.6. The Balaban J connectivity index is 1.44. The Bertz CT molecular complexity index is 1260. The largest absolute Gasteiger partial charge is 0.426 e. The molecular formula is C40H56O6. The van der Waals surface area contributed by atoms with Gasteiger partial charge >= 0.3 is 11.9 Å². The van der Waals surface area contributed by atoms with Gasteiger partial charge in [0.15, 0.2) is 0 Å². The molecule has 0 aromatic heterocycles. The zero-order valence-corrected chi connectivity index (χ0v) is 28.4. The summed E-state index contributed by atoms with van der Waals surface area (Å²) in [6.45, 7) is 8.45. The van der Waals surface area contributed by atoms with Crippen molar-refractivity contribution in [3.05, 3.63) is 71.8 Å². The highest BCUT2D eigenvalue weighted by molar-refractivity contribution is 5.89. The Morgan fingerprint density at radius 2 is 1.24 bits per heavy atom. The summed E-state index contributed by atoms with van der Waals surface area (Å²) in [6.07, 6.45) is 18.2. The van der Waals surface area contributed by atoms with E-state index in [0.29, 0.717) is 11.5 Å². The molecule has 0 aliphatic heterocycles. The number of carbonyl (C=O) groups is 2. The molecule has 6 nitrogen and oxygen atoms in total. The number of rotatable bonds is 15. The second-order valence-corrected chi connectivity index (χ2v) is 14.6. The molecule has 0 amide bonds. The van der Waals surface area contributed by atoms with Crippen molar-refractivity contribution < 1.29 is 29.3 Å². The van der Waals surface area contributed by atoms with Crippen LogP contribution in [0.5, 0.6) is 11.5 Å². The van der Waals surface area contributed by atoms with E-state index in [0.717, 1.165) is 43.4 Å². The van der Waals surface area contributed by atoms with Gasteiger partial charge in [-0.25, -0.2) is 4.79 Å². The first kappa shape index (κ1) is 35.9. The van der Waals surface area contributed by atoms with Crippen molar-refractivity contribution in [2.24, 2.45) is 23.2 Å². The van der Waals surface area contributed by atoms with Gasteiger partial charge in [-0.1, -0.05) is 102 Å². The lowest BCUT2D eigenvalue weighted by Crippen LogP contribution is -2.33. The molecule has 46 heavy (non-hydrogen) atoms. The normalized spacial score (nSPS) is 23.5. The fraction of sp³-hybridized carbons (Fsp3) is 0.600. The van der Waals surface area contributed by atoms with Gasteiger partial charge in [-0.05, 0) is 92.7 Å². The number of hydrogen-bond donors (Lipinski definition) is 2. The van der Waals surface area contributed by atoms with Crippen LogP contribution in [0, 0.1) is 23.2 Å². The highest BCUT2D eigenvalue weighted by atomic mass is 16.5. The van der Waals surface area contributed by atoms with Crippen LogP contribution in [0.4, 0.5) is 0 Å². The first-order valence-electron chi connectivity index (χ1n) is 17.6. The van der Waals surface area contributed by atoms with E-state index in [1.54, 1.807) is 13.8 Å². The molecule has 2 aromatic carbocycles. The van der Waals surface area contributed by atoms with Crippen LogP contribution in [0.25, 0.3) is 0 Å². The van der Waals surface area contributed by atoms with Crippen molar-refractivity contribution in [3.8, 4) is 11.5 Å². The van der Waals surface area contributed by atoms with Gasteiger partial charge in [0, 0.05) is 5.41 Å². The molecule has 0 heterocycles. The van der Waals surface area contributed by atoms with E-state index in [1.165, 1.54) is 75.3 Å². The number of unbranched alkanes of at least 4 members (excludes halogenated alkanes) is 2. The number of carbonyl (C=O) groups excluding carboxylic acids is 2. The maximum Gasteiger partial charge on any atom is 0.341 e. The molecule has 6 heteroatoms. The van der Waals surface area contributed by atoms with Gasteiger partial charge in [0.05, 0.1) is 24.2 Å². The van der Waals surface area contributed by atoms with Crippen molar-refractivity contribution >= 4 is 11.9 Å². The maximum absolute atomic E-state index is 12.5. The van der Waals surface area contributed by atoms with Crippen LogP contribution < -0.4 is 9.47 Å². The minimum absolute atomic E-state index is 0.0158. The number of benzene rings is 2. The monoisotopic (exact) mass is 632 g/mol. The average Bonchev–Trinajstić information content (AvgIpc) is 3.08. The third kappa shape index (κ3) is 9.32. The maximum atomic E-state index is 12.5. The highest BCUT2D eigenvalue weighted by Crippen LogP contribution is 2.48. The van der Waals surface area contributed by atoms with E-state index in [1.807, 2.05) is 36.4 Å². The predicted molar refractivity (Wildman–Crippen MR) is 183 cm³/mol. The smallest absolute Gasteiger partial charge is 0.341 e. The molecule has 2 N–H and O–H groups in total. The van der Waals surface area contributed by atoms with E-state index in [2.05, 4.69) is 25.6 Å². The number of esters is 2. The van der Waals surface area contributed by atoms with E-state index >= 15 is 0 Å². The van der Waals surface area contributed by atoms with E-state index in [9.17, 15) is 19.8 Å². The van der Waals surface area contributed by atoms with Crippen LogP contribution in [-0.2, 0) is 15.0 Å². The number of hydrogen-bond acceptors (Lipinski definition) is 6. The molecule has 2 aliphatic carbocycles. The van der Waals surface area contributed by atoms with Gasteiger partial charge in [-0.3, -0.25) is 4.79 Å². The van der Waals surface area contributed by atoms with Gasteiger partial charge in [0.2, 0.25) is 0 Å². The standard InChI is InChI=1S/C40H56O6/c1-5-6-7-8-30-9-11-31(12-10-30)13-14-32-23-25-40(26-24-32,33-15-19-35(20-16-33)45-37(43)29(2)27-41)34-17-21-36(22-18-34)46-38(44)39(3,4)28-42/h15-22,30-32,41-42H,2,5-14,23-28H2,1,3-4H3. The minimum Gasteiger partial charge on any atom is -0.426 e. The van der Waals surface area contributed by atoms with Crippen molar-refractivity contribution in [1.82, 2.24) is 0 Å². The van der Waals surface area contributed by atoms with Crippen molar-refractivity contribution in [2.45, 2.75) is 116 Å². The average molecular weight is 633 g/mol. The van der Waals surface area contributed by atoms with Gasteiger partial charge in [-0.15, -0.1) is 0 Å². The molecule has 0 saturated heterocycles. The number of ether oxygens (including phenoxy) is 2. The topological polar surface area (TPSA) is 93.1 Å². The summed E-state index contributed by atoms with van der Waals surface area (Å²) in [5, 5.41) is 18.8. The van der Waals surface area contributed by atoms with Crippen LogP contribution in [-0.4, -0.2) is 35.4 Å². The fourth-order valence-corrected chi connectivity index (χ4v) is 7.40. The third-order valence-corrected chi connectivity index (χ3v) is 10.8. The second kappa shape index (κ2) is 16.7. The molecule has 2 aliphatic rings. The van der Waals surface area contributed by atoms with Crippen LogP contribution >= 0.6 is 0 Å². The van der Waals surface area contributed by atoms with Crippen molar-refractivity contribution in [2.75, 3.05) is 13.2 Å². The molecule has 0 spiro atoms. The van der Waals surface area contributed by atoms with Crippen molar-refractivity contribution in [3.63, 3.8) is 0 Å². The summed E-state index contributed by atoms with van der Waals surface area (Å²) in [4.78, 5) is 24.7. The Morgan fingerprint density at radius 1 is 0.761 bits per heavy atom. The van der Waals surface area contributed by atoms with Crippen molar-refractivity contribution in [1.29, 1.82) is 0 Å². The quantitative estimate of drug-likeness (QED) is 0.0883. The molecule has 0 bridgehead atoms. The van der Waals surface area contributed by atoms with Gasteiger partial charge in [0.1, 0.15) is 11.5 Å². The third-order valence-electron chi connectivity index (χ3n) is 10.8. The van der Waals surface area contributed by atoms with E-state index in [4.69, 9.17) is 9.47 Å². The van der Waals surface area contributed by atoms with Gasteiger partial charge in [0.25, 0.3) is 0 Å². The molecule has 0 unspecified atom stereocenters. The summed E-state index contributed by atoms with van der Waals surface area (Å²) < 4.78 is 11.0. The summed E-state index contributed by atoms with van der Waals surface area (Å²) >= 11 is 0.